The number of fused-ring (bicyclic) bond motifs is 3. The molecule has 0 saturated carbocycles. The van der Waals surface area contributed by atoms with E-state index in [1.165, 1.54) is 19.0 Å². The van der Waals surface area contributed by atoms with E-state index in [9.17, 15) is 39.9 Å². The second-order valence-electron chi connectivity index (χ2n) is 11.7. The number of nitrogens with two attached hydrogens (primary N) is 1. The number of phenolic OH excluding ortho intramolecular Hbond substituents is 1. The maximum atomic E-state index is 14.0. The fraction of sp³-hybridized carbons (Fsp3) is 0.536. The van der Waals surface area contributed by atoms with Gasteiger partial charge in [0.1, 0.15) is 22.8 Å². The normalized spacial score (nSPS) is 30.8. The number of carbonyl (C=O) groups excluding carboxylic acids is 3. The van der Waals surface area contributed by atoms with Crippen molar-refractivity contribution in [2.45, 2.75) is 62.7 Å². The molecule has 3 aliphatic rings. The number of aromatic hydroxyl groups is 1. The van der Waals surface area contributed by atoms with Crippen LogP contribution in [0, 0.1) is 11.8 Å². The number of primary amides is 1. The second-order valence-corrected chi connectivity index (χ2v) is 12.4. The molecule has 0 aromatic heterocycles. The zero-order valence-electron chi connectivity index (χ0n) is 22.5. The third kappa shape index (κ3) is 3.96. The van der Waals surface area contributed by atoms with Crippen molar-refractivity contribution in [1.29, 1.82) is 0 Å². The number of benzene rings is 1. The van der Waals surface area contributed by atoms with Crippen molar-refractivity contribution in [2.75, 3.05) is 19.4 Å². The number of rotatable bonds is 6. The molecule has 39 heavy (non-hydrogen) atoms. The number of phenols is 1. The molecule has 0 unspecified atom stereocenters. The molecule has 0 saturated heterocycles. The predicted octanol–water partition coefficient (Wildman–Crippen LogP) is 2.11. The highest BCUT2D eigenvalue weighted by molar-refractivity contribution is 9.09. The van der Waals surface area contributed by atoms with E-state index in [0.717, 1.165) is 11.8 Å². The number of alkyl halides is 1. The molecular weight excluding hydrogens is 572 g/mol. The zero-order chi connectivity index (χ0) is 29.4. The molecule has 1 amide bonds. The summed E-state index contributed by atoms with van der Waals surface area (Å²) in [5, 5.41) is 58.0. The van der Waals surface area contributed by atoms with Gasteiger partial charge in [0, 0.05) is 22.4 Å². The van der Waals surface area contributed by atoms with E-state index < -0.39 is 81.1 Å². The Labute approximate surface area is 234 Å². The summed E-state index contributed by atoms with van der Waals surface area (Å²) < 4.78 is 0. The van der Waals surface area contributed by atoms with Crippen LogP contribution in [0.1, 0.15) is 61.0 Å². The fourth-order valence-corrected chi connectivity index (χ4v) is 7.09. The topological polar surface area (TPSA) is 182 Å². The number of nitrogens with zero attached hydrogens (tertiary/aromatic N) is 1. The summed E-state index contributed by atoms with van der Waals surface area (Å²) in [5.74, 6) is -8.83. The maximum Gasteiger partial charge on any atom is 0.255 e. The molecule has 1 aromatic carbocycles. The van der Waals surface area contributed by atoms with E-state index in [-0.39, 0.29) is 11.3 Å². The van der Waals surface area contributed by atoms with Crippen LogP contribution in [-0.2, 0) is 15.0 Å². The van der Waals surface area contributed by atoms with Crippen LogP contribution in [0.5, 0.6) is 5.75 Å². The molecule has 4 rings (SSSR count). The van der Waals surface area contributed by atoms with Crippen LogP contribution in [0.25, 0.3) is 0 Å². The minimum atomic E-state index is -2.92. The zero-order valence-corrected chi connectivity index (χ0v) is 24.1. The first-order valence-electron chi connectivity index (χ1n) is 12.8. The first-order valence-corrected chi connectivity index (χ1v) is 13.9. The Morgan fingerprint density at radius 1 is 1.18 bits per heavy atom. The van der Waals surface area contributed by atoms with Gasteiger partial charge in [0.05, 0.1) is 23.6 Å². The number of hydrogen-bond donors (Lipinski definition) is 6. The quantitative estimate of drug-likeness (QED) is 0.208. The van der Waals surface area contributed by atoms with Crippen molar-refractivity contribution in [3.63, 3.8) is 0 Å². The van der Waals surface area contributed by atoms with Gasteiger partial charge >= 0.3 is 0 Å². The van der Waals surface area contributed by atoms with E-state index in [1.54, 1.807) is 19.1 Å². The van der Waals surface area contributed by atoms with E-state index in [4.69, 9.17) is 5.73 Å². The Kier molecular flexibility index (Phi) is 7.29. The molecule has 0 spiro atoms. The van der Waals surface area contributed by atoms with Crippen molar-refractivity contribution in [3.05, 3.63) is 51.5 Å². The number of halogens is 1. The van der Waals surface area contributed by atoms with Gasteiger partial charge in [-0.15, -0.1) is 0 Å². The molecule has 6 atom stereocenters. The lowest BCUT2D eigenvalue weighted by atomic mass is 9.55. The third-order valence-electron chi connectivity index (χ3n) is 8.80. The van der Waals surface area contributed by atoms with Gasteiger partial charge in [-0.25, -0.2) is 0 Å². The lowest BCUT2D eigenvalue weighted by Crippen LogP contribution is -2.68. The number of hydrogen-bond acceptors (Lipinski definition) is 9. The Morgan fingerprint density at radius 3 is 2.33 bits per heavy atom. The minimum Gasteiger partial charge on any atom is -0.510 e. The average molecular weight is 607 g/mol. The number of aliphatic hydroxyl groups is 4. The van der Waals surface area contributed by atoms with Crippen LogP contribution in [-0.4, -0.2) is 85.1 Å². The largest absolute Gasteiger partial charge is 0.510 e. The summed E-state index contributed by atoms with van der Waals surface area (Å²) in [6.07, 6.45) is -0.0876. The van der Waals surface area contributed by atoms with Crippen molar-refractivity contribution in [3.8, 4) is 5.75 Å². The Balaban J connectivity index is 1.99. The van der Waals surface area contributed by atoms with Gasteiger partial charge in [0.15, 0.2) is 11.4 Å². The molecular formula is C28H35BrN2O8. The number of carbonyl (C=O) groups is 3. The maximum absolute atomic E-state index is 14.0. The highest BCUT2D eigenvalue weighted by Crippen LogP contribution is 2.56. The third-order valence-corrected chi connectivity index (χ3v) is 9.36. The summed E-state index contributed by atoms with van der Waals surface area (Å²) in [6, 6.07) is 2.19. The number of aliphatic hydroxyl groups excluding tert-OH is 3. The smallest absolute Gasteiger partial charge is 0.255 e. The molecule has 10 nitrogen and oxygen atoms in total. The van der Waals surface area contributed by atoms with Crippen LogP contribution in [0.4, 0.5) is 0 Å². The summed E-state index contributed by atoms with van der Waals surface area (Å²) in [5.41, 5.74) is 1.51. The number of Topliss-reactive ketones (excluding diaryl/α,β-unsaturated/α-hetero) is 2. The standard InChI is InChI=1S/C28H35BrN2O8/c1-11-12-7-8-13(27(2,3)9-6-10-29)20(32)15(12)21(33)16-14(11)22(34)18-19(31(4)5)23(35)17(26(30)38)25(37)28(18,39)24(16)36/h7-8,11,14,18-19,22,32,34-36,39H,6,9-10H2,1-5H3,(H2,30,38)/t11-,14+,18+,19-,22-,28-/m0/s1. The Morgan fingerprint density at radius 2 is 1.79 bits per heavy atom. The molecule has 0 bridgehead atoms. The number of likely N-dealkylation sites (N-methyl/N-ethyl adjacent to an activating group) is 1. The minimum absolute atomic E-state index is 0.0695. The summed E-state index contributed by atoms with van der Waals surface area (Å²) in [6.45, 7) is 5.60. The molecule has 7 N–H and O–H groups in total. The second kappa shape index (κ2) is 9.72. The molecule has 1 aromatic rings. The SMILES string of the molecule is C[C@H]1c2ccc(C(C)(C)CCCBr)c(O)c2C(=O)C2=C(O)[C@]3(O)C(=O)C(C(N)=O)=C(O)[C@@H](N(C)C)[C@@H]3[C@@H](O)[C@@H]21. The number of amides is 1. The molecule has 0 aliphatic heterocycles. The highest BCUT2D eigenvalue weighted by Gasteiger charge is 2.67. The summed E-state index contributed by atoms with van der Waals surface area (Å²) in [7, 11) is 3.00. The Hall–Kier alpha value is -2.73. The van der Waals surface area contributed by atoms with Crippen LogP contribution in [0.2, 0.25) is 0 Å². The number of ketones is 2. The van der Waals surface area contributed by atoms with E-state index in [0.29, 0.717) is 17.5 Å². The lowest BCUT2D eigenvalue weighted by Gasteiger charge is -2.53. The molecule has 212 valence electrons. The molecule has 0 fully saturated rings. The van der Waals surface area contributed by atoms with Crippen LogP contribution in [0.15, 0.2) is 34.8 Å². The van der Waals surface area contributed by atoms with Gasteiger partial charge in [-0.2, -0.15) is 0 Å². The Bertz CT molecular complexity index is 1330. The first-order chi connectivity index (χ1) is 18.0. The van der Waals surface area contributed by atoms with Gasteiger partial charge in [-0.05, 0) is 43.8 Å². The highest BCUT2D eigenvalue weighted by atomic mass is 79.9. The van der Waals surface area contributed by atoms with E-state index in [2.05, 4.69) is 15.9 Å². The monoisotopic (exact) mass is 606 g/mol. The summed E-state index contributed by atoms with van der Waals surface area (Å²) in [4.78, 5) is 41.0. The average Bonchev–Trinajstić information content (AvgIpc) is 2.84. The van der Waals surface area contributed by atoms with Gasteiger partial charge < -0.3 is 31.3 Å². The van der Waals surface area contributed by atoms with E-state index >= 15 is 0 Å². The van der Waals surface area contributed by atoms with Gasteiger partial charge in [0.25, 0.3) is 5.91 Å². The lowest BCUT2D eigenvalue weighted by molar-refractivity contribution is -0.162. The van der Waals surface area contributed by atoms with Gasteiger partial charge in [-0.1, -0.05) is 48.8 Å². The predicted molar refractivity (Wildman–Crippen MR) is 146 cm³/mol. The first kappa shape index (κ1) is 29.3. The fourth-order valence-electron chi connectivity index (χ4n) is 6.81. The van der Waals surface area contributed by atoms with Crippen LogP contribution in [0.3, 0.4) is 0 Å². The van der Waals surface area contributed by atoms with Crippen molar-refractivity contribution >= 4 is 33.4 Å². The molecule has 3 aliphatic carbocycles. The van der Waals surface area contributed by atoms with Crippen molar-refractivity contribution in [2.24, 2.45) is 17.6 Å². The summed E-state index contributed by atoms with van der Waals surface area (Å²) >= 11 is 3.41. The van der Waals surface area contributed by atoms with Gasteiger partial charge in [0.2, 0.25) is 5.78 Å². The van der Waals surface area contributed by atoms with Crippen LogP contribution < -0.4 is 5.73 Å². The molecule has 11 heteroatoms. The van der Waals surface area contributed by atoms with Crippen molar-refractivity contribution < 1.29 is 39.9 Å². The van der Waals surface area contributed by atoms with Crippen LogP contribution >= 0.6 is 15.9 Å². The van der Waals surface area contributed by atoms with E-state index in [1.807, 2.05) is 13.8 Å². The van der Waals surface area contributed by atoms with Gasteiger partial charge in [-0.3, -0.25) is 19.3 Å². The van der Waals surface area contributed by atoms with Crippen molar-refractivity contribution in [1.82, 2.24) is 4.90 Å². The molecule has 0 heterocycles. The molecule has 0 radical (unpaired) electrons.